The van der Waals surface area contributed by atoms with Gasteiger partial charge in [-0.3, -0.25) is 4.79 Å². The molecule has 0 saturated heterocycles. The van der Waals surface area contributed by atoms with Crippen molar-refractivity contribution in [1.29, 1.82) is 0 Å². The number of hydrogen-bond donors (Lipinski definition) is 1. The summed E-state index contributed by atoms with van der Waals surface area (Å²) in [5, 5.41) is 2.70. The van der Waals surface area contributed by atoms with Crippen LogP contribution in [0.15, 0.2) is 48.5 Å². The first-order chi connectivity index (χ1) is 11.7. The molecule has 126 valence electrons. The van der Waals surface area contributed by atoms with E-state index in [1.54, 1.807) is 55.5 Å². The molecule has 0 atom stereocenters. The molecule has 0 aliphatic carbocycles. The maximum Gasteiger partial charge on any atom is 0.341 e. The summed E-state index contributed by atoms with van der Waals surface area (Å²) < 4.78 is 15.6. The largest absolute Gasteiger partial charge is 0.495 e. The van der Waals surface area contributed by atoms with Crippen molar-refractivity contribution >= 4 is 17.6 Å². The van der Waals surface area contributed by atoms with Gasteiger partial charge in [0.25, 0.3) is 5.91 Å². The number of carbonyl (C=O) groups is 2. The second kappa shape index (κ2) is 8.57. The van der Waals surface area contributed by atoms with Gasteiger partial charge < -0.3 is 19.5 Å². The van der Waals surface area contributed by atoms with Gasteiger partial charge in [0.15, 0.2) is 6.61 Å². The van der Waals surface area contributed by atoms with Gasteiger partial charge in [0, 0.05) is 0 Å². The maximum atomic E-state index is 12.1. The van der Waals surface area contributed by atoms with Gasteiger partial charge in [-0.15, -0.1) is 0 Å². The van der Waals surface area contributed by atoms with Gasteiger partial charge in [-0.25, -0.2) is 4.79 Å². The molecule has 0 aromatic heterocycles. The molecule has 0 fully saturated rings. The zero-order valence-electron chi connectivity index (χ0n) is 13.6. The van der Waals surface area contributed by atoms with Crippen molar-refractivity contribution < 1.29 is 23.8 Å². The Bertz CT molecular complexity index is 714. The van der Waals surface area contributed by atoms with E-state index >= 15 is 0 Å². The maximum absolute atomic E-state index is 12.1. The Morgan fingerprint density at radius 1 is 1.00 bits per heavy atom. The number of carbonyl (C=O) groups excluding carboxylic acids is 2. The van der Waals surface area contributed by atoms with E-state index in [-0.39, 0.29) is 24.7 Å². The number of rotatable bonds is 7. The van der Waals surface area contributed by atoms with Crippen molar-refractivity contribution in [3.05, 3.63) is 54.1 Å². The lowest BCUT2D eigenvalue weighted by Crippen LogP contribution is -2.21. The summed E-state index contributed by atoms with van der Waals surface area (Å²) in [5.41, 5.74) is 0.830. The van der Waals surface area contributed by atoms with Crippen molar-refractivity contribution in [2.75, 3.05) is 25.6 Å². The van der Waals surface area contributed by atoms with Crippen molar-refractivity contribution in [2.24, 2.45) is 0 Å². The van der Waals surface area contributed by atoms with E-state index in [1.165, 1.54) is 7.11 Å². The molecule has 0 bridgehead atoms. The minimum atomic E-state index is -0.488. The number of esters is 1. The first-order valence-corrected chi connectivity index (χ1v) is 7.47. The van der Waals surface area contributed by atoms with E-state index in [2.05, 4.69) is 5.32 Å². The summed E-state index contributed by atoms with van der Waals surface area (Å²) in [7, 11) is 1.52. The van der Waals surface area contributed by atoms with Crippen molar-refractivity contribution in [2.45, 2.75) is 6.92 Å². The number of amides is 1. The van der Waals surface area contributed by atoms with E-state index < -0.39 is 5.97 Å². The minimum Gasteiger partial charge on any atom is -0.495 e. The minimum absolute atomic E-state index is 0.242. The summed E-state index contributed by atoms with van der Waals surface area (Å²) in [6, 6.07) is 13.7. The second-order valence-corrected chi connectivity index (χ2v) is 4.75. The zero-order valence-corrected chi connectivity index (χ0v) is 13.6. The van der Waals surface area contributed by atoms with E-state index in [9.17, 15) is 9.59 Å². The smallest absolute Gasteiger partial charge is 0.341 e. The third-order valence-electron chi connectivity index (χ3n) is 3.12. The van der Waals surface area contributed by atoms with Crippen molar-refractivity contribution in [1.82, 2.24) is 0 Å². The van der Waals surface area contributed by atoms with Crippen LogP contribution in [0.4, 0.5) is 5.69 Å². The van der Waals surface area contributed by atoms with Crippen LogP contribution < -0.4 is 14.8 Å². The van der Waals surface area contributed by atoms with Crippen LogP contribution >= 0.6 is 0 Å². The molecule has 0 heterocycles. The first kappa shape index (κ1) is 17.3. The van der Waals surface area contributed by atoms with Crippen molar-refractivity contribution in [3.8, 4) is 11.5 Å². The Morgan fingerprint density at radius 2 is 1.67 bits per heavy atom. The normalized spacial score (nSPS) is 9.92. The third-order valence-corrected chi connectivity index (χ3v) is 3.12. The highest BCUT2D eigenvalue weighted by molar-refractivity contribution is 5.94. The molecule has 2 rings (SSSR count). The molecule has 24 heavy (non-hydrogen) atoms. The van der Waals surface area contributed by atoms with Gasteiger partial charge in [-0.2, -0.15) is 0 Å². The van der Waals surface area contributed by atoms with Gasteiger partial charge in [-0.05, 0) is 31.2 Å². The summed E-state index contributed by atoms with van der Waals surface area (Å²) in [6.07, 6.45) is 0. The lowest BCUT2D eigenvalue weighted by atomic mass is 10.2. The first-order valence-electron chi connectivity index (χ1n) is 7.47. The summed E-state index contributed by atoms with van der Waals surface area (Å²) in [4.78, 5) is 23.9. The number of hydrogen-bond acceptors (Lipinski definition) is 5. The monoisotopic (exact) mass is 329 g/mol. The lowest BCUT2D eigenvalue weighted by molar-refractivity contribution is -0.118. The van der Waals surface area contributed by atoms with Crippen LogP contribution in [0.3, 0.4) is 0 Å². The highest BCUT2D eigenvalue weighted by Gasteiger charge is 2.14. The predicted molar refractivity (Wildman–Crippen MR) is 89.5 cm³/mol. The molecule has 1 amide bonds. The van der Waals surface area contributed by atoms with Crippen molar-refractivity contribution in [3.63, 3.8) is 0 Å². The molecule has 6 nitrogen and oxygen atoms in total. The molecule has 0 radical (unpaired) electrons. The second-order valence-electron chi connectivity index (χ2n) is 4.75. The molecule has 2 aromatic carbocycles. The molecule has 0 saturated carbocycles. The van der Waals surface area contributed by atoms with Gasteiger partial charge in [-0.1, -0.05) is 24.3 Å². The van der Waals surface area contributed by atoms with Crippen LogP contribution in [0.2, 0.25) is 0 Å². The fourth-order valence-electron chi connectivity index (χ4n) is 2.05. The molecule has 2 aromatic rings. The molecule has 0 aliphatic rings. The van der Waals surface area contributed by atoms with Gasteiger partial charge in [0.05, 0.1) is 19.4 Å². The Kier molecular flexibility index (Phi) is 6.19. The molecular weight excluding hydrogens is 310 g/mol. The fourth-order valence-corrected chi connectivity index (χ4v) is 2.05. The number of benzene rings is 2. The van der Waals surface area contributed by atoms with Crippen LogP contribution in [-0.4, -0.2) is 32.2 Å². The molecule has 0 aliphatic heterocycles. The lowest BCUT2D eigenvalue weighted by Gasteiger charge is -2.12. The van der Waals surface area contributed by atoms with Gasteiger partial charge >= 0.3 is 5.97 Å². The van der Waals surface area contributed by atoms with Crippen LogP contribution in [0.1, 0.15) is 17.3 Å². The van der Waals surface area contributed by atoms with Crippen LogP contribution in [0.5, 0.6) is 11.5 Å². The third kappa shape index (κ3) is 4.49. The van der Waals surface area contributed by atoms with E-state index in [0.29, 0.717) is 17.2 Å². The van der Waals surface area contributed by atoms with Crippen LogP contribution in [0.25, 0.3) is 0 Å². The zero-order chi connectivity index (χ0) is 17.4. The number of para-hydroxylation sites is 3. The SMILES string of the molecule is CCOC(=O)c1ccccc1OCC(=O)Nc1ccccc1OC. The van der Waals surface area contributed by atoms with E-state index in [4.69, 9.17) is 14.2 Å². The Hall–Kier alpha value is -3.02. The number of methoxy groups -OCH3 is 1. The Morgan fingerprint density at radius 3 is 2.38 bits per heavy atom. The average Bonchev–Trinajstić information content (AvgIpc) is 2.61. The Labute approximate surface area is 140 Å². The number of anilines is 1. The summed E-state index contributed by atoms with van der Waals surface area (Å²) in [6.45, 7) is 1.75. The summed E-state index contributed by atoms with van der Waals surface area (Å²) in [5.74, 6) is 0.000277. The molecule has 1 N–H and O–H groups in total. The predicted octanol–water partition coefficient (Wildman–Crippen LogP) is 2.89. The highest BCUT2D eigenvalue weighted by atomic mass is 16.5. The van der Waals surface area contributed by atoms with Crippen LogP contribution in [0, 0.1) is 0 Å². The van der Waals surface area contributed by atoms with E-state index in [0.717, 1.165) is 0 Å². The molecule has 0 unspecified atom stereocenters. The topological polar surface area (TPSA) is 73.9 Å². The number of nitrogens with one attached hydrogen (secondary N) is 1. The summed E-state index contributed by atoms with van der Waals surface area (Å²) >= 11 is 0. The van der Waals surface area contributed by atoms with Gasteiger partial charge in [0.1, 0.15) is 17.1 Å². The molecule has 0 spiro atoms. The number of ether oxygens (including phenoxy) is 3. The van der Waals surface area contributed by atoms with Gasteiger partial charge in [0.2, 0.25) is 0 Å². The Balaban J connectivity index is 2.01. The average molecular weight is 329 g/mol. The van der Waals surface area contributed by atoms with Crippen LogP contribution in [-0.2, 0) is 9.53 Å². The van der Waals surface area contributed by atoms with E-state index in [1.807, 2.05) is 0 Å². The highest BCUT2D eigenvalue weighted by Crippen LogP contribution is 2.23. The standard InChI is InChI=1S/C18H19NO5/c1-3-23-18(21)13-8-4-6-10-15(13)24-12-17(20)19-14-9-5-7-11-16(14)22-2/h4-11H,3,12H2,1-2H3,(H,19,20). The molecular formula is C18H19NO5. The molecule has 6 heteroatoms. The quantitative estimate of drug-likeness (QED) is 0.791. The fraction of sp³-hybridized carbons (Fsp3) is 0.222.